The molecule has 11 heteroatoms. The summed E-state index contributed by atoms with van der Waals surface area (Å²) in [5.41, 5.74) is 4.70. The van der Waals surface area contributed by atoms with Crippen LogP contribution in [0.4, 0.5) is 21.8 Å². The number of fused-ring (bicyclic) bond motifs is 3. The number of aromatic nitrogens is 5. The minimum atomic E-state index is -0.239. The van der Waals surface area contributed by atoms with Gasteiger partial charge < -0.3 is 19.7 Å². The summed E-state index contributed by atoms with van der Waals surface area (Å²) in [6, 6.07) is 12.7. The second kappa shape index (κ2) is 9.21. The summed E-state index contributed by atoms with van der Waals surface area (Å²) in [6.07, 6.45) is 4.59. The van der Waals surface area contributed by atoms with Crippen LogP contribution in [0.15, 0.2) is 48.8 Å². The molecule has 9 nitrogen and oxygen atoms in total. The Morgan fingerprint density at radius 2 is 2.03 bits per heavy atom. The summed E-state index contributed by atoms with van der Waals surface area (Å²) in [4.78, 5) is 16.4. The zero-order valence-corrected chi connectivity index (χ0v) is 21.4. The predicted octanol–water partition coefficient (Wildman–Crippen LogP) is 4.66. The molecule has 194 valence electrons. The van der Waals surface area contributed by atoms with Crippen LogP contribution in [0.3, 0.4) is 0 Å². The standard InChI is InChI=1S/C27H25ClFN7O2/c1-37-23-10-17(6-9-22(23)36-14-30-26(28)34-36)31-27-32-24-20(15-2-4-16(29)5-3-15)7-8-21(24)25(33-27)35-12-19-11-18(35)13-38-19/h2-6,9-10,14,18-20H,7-8,11-13H2,1H3,(H,31,32,33)/t18-,19-,20?/m0/s1. The Bertz CT molecular complexity index is 1510. The summed E-state index contributed by atoms with van der Waals surface area (Å²) in [7, 11) is 1.60. The van der Waals surface area contributed by atoms with Crippen LogP contribution in [0.5, 0.6) is 5.75 Å². The molecule has 0 spiro atoms. The minimum absolute atomic E-state index is 0.0814. The molecular weight excluding hydrogens is 509 g/mol. The number of rotatable bonds is 6. The van der Waals surface area contributed by atoms with E-state index in [2.05, 4.69) is 20.3 Å². The van der Waals surface area contributed by atoms with Crippen molar-refractivity contribution in [3.05, 3.63) is 76.7 Å². The van der Waals surface area contributed by atoms with Gasteiger partial charge in [0.1, 0.15) is 29.4 Å². The highest BCUT2D eigenvalue weighted by Gasteiger charge is 2.42. The first-order chi connectivity index (χ1) is 18.6. The van der Waals surface area contributed by atoms with E-state index in [0.717, 1.165) is 55.2 Å². The molecule has 0 amide bonds. The van der Waals surface area contributed by atoms with Crippen molar-refractivity contribution in [3.8, 4) is 11.4 Å². The van der Waals surface area contributed by atoms with Crippen LogP contribution in [-0.4, -0.2) is 57.1 Å². The van der Waals surface area contributed by atoms with Crippen LogP contribution in [-0.2, 0) is 11.2 Å². The number of methoxy groups -OCH3 is 1. The Kier molecular flexibility index (Phi) is 5.66. The van der Waals surface area contributed by atoms with Crippen molar-refractivity contribution in [2.45, 2.75) is 37.3 Å². The highest BCUT2D eigenvalue weighted by molar-refractivity contribution is 6.28. The number of morpholine rings is 1. The Balaban J connectivity index is 1.27. The maximum absolute atomic E-state index is 13.7. The predicted molar refractivity (Wildman–Crippen MR) is 140 cm³/mol. The number of halogens is 2. The van der Waals surface area contributed by atoms with E-state index in [1.165, 1.54) is 24.0 Å². The van der Waals surface area contributed by atoms with E-state index < -0.39 is 0 Å². The molecular formula is C27H25ClFN7O2. The Hall–Kier alpha value is -3.76. The SMILES string of the molecule is COc1cc(Nc2nc3c(c(N4C[C@@H]5C[C@H]4CO5)n2)CCC3c2ccc(F)cc2)ccc1-n1cnc(Cl)n1. The molecule has 1 unspecified atom stereocenters. The fraction of sp³-hybridized carbons (Fsp3) is 0.333. The zero-order chi connectivity index (χ0) is 25.8. The van der Waals surface area contributed by atoms with Crippen LogP contribution in [0.1, 0.15) is 35.6 Å². The molecule has 0 saturated carbocycles. The number of hydrogen-bond acceptors (Lipinski definition) is 8. The smallest absolute Gasteiger partial charge is 0.242 e. The number of nitrogens with zero attached hydrogens (tertiary/aromatic N) is 6. The molecule has 1 aliphatic carbocycles. The number of hydrogen-bond donors (Lipinski definition) is 1. The van der Waals surface area contributed by atoms with Gasteiger partial charge in [-0.2, -0.15) is 4.98 Å². The van der Waals surface area contributed by atoms with Gasteiger partial charge in [-0.05, 0) is 60.7 Å². The lowest BCUT2D eigenvalue weighted by Gasteiger charge is -2.30. The molecule has 4 heterocycles. The summed E-state index contributed by atoms with van der Waals surface area (Å²) in [5, 5.41) is 7.71. The lowest BCUT2D eigenvalue weighted by atomic mass is 9.96. The van der Waals surface area contributed by atoms with Crippen molar-refractivity contribution in [3.63, 3.8) is 0 Å². The van der Waals surface area contributed by atoms with Crippen molar-refractivity contribution in [2.75, 3.05) is 30.5 Å². The highest BCUT2D eigenvalue weighted by atomic mass is 35.5. The van der Waals surface area contributed by atoms with Gasteiger partial charge in [0.2, 0.25) is 11.2 Å². The van der Waals surface area contributed by atoms with Crippen molar-refractivity contribution in [1.82, 2.24) is 24.7 Å². The van der Waals surface area contributed by atoms with E-state index in [1.54, 1.807) is 11.8 Å². The van der Waals surface area contributed by atoms with Gasteiger partial charge in [0, 0.05) is 29.8 Å². The van der Waals surface area contributed by atoms with Gasteiger partial charge in [-0.25, -0.2) is 19.0 Å². The molecule has 2 aromatic heterocycles. The first kappa shape index (κ1) is 23.4. The van der Waals surface area contributed by atoms with E-state index in [9.17, 15) is 4.39 Å². The van der Waals surface area contributed by atoms with Gasteiger partial charge in [-0.1, -0.05) is 12.1 Å². The van der Waals surface area contributed by atoms with Crippen LogP contribution in [0.25, 0.3) is 5.69 Å². The first-order valence-electron chi connectivity index (χ1n) is 12.6. The van der Waals surface area contributed by atoms with Gasteiger partial charge in [0.15, 0.2) is 0 Å². The third-order valence-electron chi connectivity index (χ3n) is 7.62. The zero-order valence-electron chi connectivity index (χ0n) is 20.6. The van der Waals surface area contributed by atoms with Gasteiger partial charge in [-0.3, -0.25) is 0 Å². The van der Waals surface area contributed by atoms with Crippen LogP contribution < -0.4 is 15.0 Å². The van der Waals surface area contributed by atoms with Gasteiger partial charge >= 0.3 is 0 Å². The highest BCUT2D eigenvalue weighted by Crippen LogP contribution is 2.44. The summed E-state index contributed by atoms with van der Waals surface area (Å²) < 4.78 is 26.7. The normalized spacial score (nSPS) is 21.7. The molecule has 0 radical (unpaired) electrons. The van der Waals surface area contributed by atoms with Crippen molar-refractivity contribution in [2.24, 2.45) is 0 Å². The molecule has 2 bridgehead atoms. The topological polar surface area (TPSA) is 90.2 Å². The molecule has 2 saturated heterocycles. The maximum atomic E-state index is 13.7. The molecule has 38 heavy (non-hydrogen) atoms. The number of nitrogens with one attached hydrogen (secondary N) is 1. The monoisotopic (exact) mass is 533 g/mol. The Morgan fingerprint density at radius 1 is 1.16 bits per heavy atom. The summed E-state index contributed by atoms with van der Waals surface area (Å²) >= 11 is 5.90. The molecule has 2 fully saturated rings. The Morgan fingerprint density at radius 3 is 2.74 bits per heavy atom. The third-order valence-corrected chi connectivity index (χ3v) is 7.79. The van der Waals surface area contributed by atoms with E-state index in [1.807, 2.05) is 30.3 Å². The van der Waals surface area contributed by atoms with E-state index in [0.29, 0.717) is 23.4 Å². The lowest BCUT2D eigenvalue weighted by Crippen LogP contribution is -2.38. The van der Waals surface area contributed by atoms with E-state index >= 15 is 0 Å². The van der Waals surface area contributed by atoms with Gasteiger partial charge in [0.05, 0.1) is 31.6 Å². The van der Waals surface area contributed by atoms with E-state index in [-0.39, 0.29) is 23.1 Å². The van der Waals surface area contributed by atoms with Crippen molar-refractivity contribution in [1.29, 1.82) is 0 Å². The minimum Gasteiger partial charge on any atom is -0.494 e. The summed E-state index contributed by atoms with van der Waals surface area (Å²) in [6.45, 7) is 1.55. The summed E-state index contributed by atoms with van der Waals surface area (Å²) in [5.74, 6) is 1.92. The van der Waals surface area contributed by atoms with Crippen LogP contribution in [0.2, 0.25) is 5.28 Å². The number of benzene rings is 2. The second-order valence-electron chi connectivity index (χ2n) is 9.84. The van der Waals surface area contributed by atoms with Crippen LogP contribution in [0, 0.1) is 5.82 Å². The number of ether oxygens (including phenoxy) is 2. The quantitative estimate of drug-likeness (QED) is 0.383. The third kappa shape index (κ3) is 4.04. The average molecular weight is 534 g/mol. The molecule has 4 aromatic rings. The molecule has 1 N–H and O–H groups in total. The largest absolute Gasteiger partial charge is 0.494 e. The van der Waals surface area contributed by atoms with Crippen LogP contribution >= 0.6 is 11.6 Å². The van der Waals surface area contributed by atoms with Crippen molar-refractivity contribution >= 4 is 29.1 Å². The van der Waals surface area contributed by atoms with Gasteiger partial charge in [-0.15, -0.1) is 5.10 Å². The first-order valence-corrected chi connectivity index (χ1v) is 13.0. The fourth-order valence-electron chi connectivity index (χ4n) is 5.85. The van der Waals surface area contributed by atoms with E-state index in [4.69, 9.17) is 31.0 Å². The number of anilines is 3. The molecule has 2 aromatic carbocycles. The molecule has 2 aliphatic heterocycles. The average Bonchev–Trinajstić information content (AvgIpc) is 3.73. The molecule has 7 rings (SSSR count). The molecule has 3 atom stereocenters. The second-order valence-corrected chi connectivity index (χ2v) is 10.2. The fourth-order valence-corrected chi connectivity index (χ4v) is 5.97. The van der Waals surface area contributed by atoms with Gasteiger partial charge in [0.25, 0.3) is 0 Å². The maximum Gasteiger partial charge on any atom is 0.242 e. The lowest BCUT2D eigenvalue weighted by molar-refractivity contribution is 0.0988. The van der Waals surface area contributed by atoms with Crippen molar-refractivity contribution < 1.29 is 13.9 Å². The molecule has 3 aliphatic rings. The Labute approximate surface area is 223 Å².